The van der Waals surface area contributed by atoms with Gasteiger partial charge in [-0.05, 0) is 38.8 Å². The molecule has 7 nitrogen and oxygen atoms in total. The summed E-state index contributed by atoms with van der Waals surface area (Å²) in [7, 11) is 1.80. The molecule has 0 atom stereocenters. The Balaban J connectivity index is 1.43. The maximum Gasteiger partial charge on any atom is 0.253 e. The highest BCUT2D eigenvalue weighted by Crippen LogP contribution is 2.39. The van der Waals surface area contributed by atoms with E-state index in [1.54, 1.807) is 30.3 Å². The molecule has 0 N–H and O–H groups in total. The fourth-order valence-electron chi connectivity index (χ4n) is 2.92. The lowest BCUT2D eigenvalue weighted by Gasteiger charge is -2.16. The Bertz CT molecular complexity index is 937. The lowest BCUT2D eigenvalue weighted by molar-refractivity contribution is 0.0785. The minimum absolute atomic E-state index is 0.0365. The first-order valence-electron chi connectivity index (χ1n) is 9.24. The number of benzene rings is 1. The van der Waals surface area contributed by atoms with E-state index in [1.807, 2.05) is 23.0 Å². The van der Waals surface area contributed by atoms with E-state index in [1.165, 1.54) is 0 Å². The highest BCUT2D eigenvalue weighted by atomic mass is 16.5. The highest BCUT2D eigenvalue weighted by molar-refractivity contribution is 5.94. The van der Waals surface area contributed by atoms with Crippen LogP contribution in [0.2, 0.25) is 0 Å². The molecule has 0 unspecified atom stereocenters. The van der Waals surface area contributed by atoms with Gasteiger partial charge in [0.1, 0.15) is 0 Å². The monoisotopic (exact) mass is 365 g/mol. The van der Waals surface area contributed by atoms with Gasteiger partial charge < -0.3 is 9.42 Å². The second-order valence-corrected chi connectivity index (χ2v) is 7.39. The van der Waals surface area contributed by atoms with Gasteiger partial charge in [-0.1, -0.05) is 17.3 Å². The van der Waals surface area contributed by atoms with Crippen molar-refractivity contribution in [1.29, 1.82) is 0 Å². The molecular weight excluding hydrogens is 342 g/mol. The van der Waals surface area contributed by atoms with Crippen LogP contribution in [-0.4, -0.2) is 37.8 Å². The Morgan fingerprint density at radius 1 is 1.30 bits per heavy atom. The molecule has 0 radical (unpaired) electrons. The number of rotatable bonds is 6. The van der Waals surface area contributed by atoms with E-state index in [0.717, 1.165) is 24.0 Å². The predicted molar refractivity (Wildman–Crippen MR) is 100 cm³/mol. The minimum Gasteiger partial charge on any atom is -0.339 e. The molecule has 0 aliphatic heterocycles. The molecule has 27 heavy (non-hydrogen) atoms. The number of aromatic nitrogens is 4. The smallest absolute Gasteiger partial charge is 0.253 e. The van der Waals surface area contributed by atoms with Gasteiger partial charge in [-0.3, -0.25) is 9.48 Å². The maximum absolute atomic E-state index is 12.7. The molecule has 0 spiro atoms. The molecular formula is C20H23N5O2. The molecule has 1 aliphatic rings. The van der Waals surface area contributed by atoms with Gasteiger partial charge in [0.2, 0.25) is 11.7 Å². The summed E-state index contributed by atoms with van der Waals surface area (Å²) in [5.41, 5.74) is 2.49. The zero-order valence-electron chi connectivity index (χ0n) is 15.8. The molecule has 0 saturated heterocycles. The zero-order valence-corrected chi connectivity index (χ0v) is 15.8. The van der Waals surface area contributed by atoms with E-state index in [-0.39, 0.29) is 5.91 Å². The molecule has 1 amide bonds. The first-order chi connectivity index (χ1) is 13.0. The molecule has 0 bridgehead atoms. The second kappa shape index (κ2) is 6.98. The van der Waals surface area contributed by atoms with Gasteiger partial charge in [-0.25, -0.2) is 0 Å². The Morgan fingerprint density at radius 3 is 2.67 bits per heavy atom. The maximum atomic E-state index is 12.7. The standard InChI is InChI=1S/C20H23N5O2/c1-13(2)25-12-14(10-21-25)11-24(3)20(26)17-8-4-15(5-9-17)18-22-19(27-23-18)16-6-7-16/h4-5,8-10,12-13,16H,6-7,11H2,1-3H3. The van der Waals surface area contributed by atoms with Crippen LogP contribution in [0.25, 0.3) is 11.4 Å². The Hall–Kier alpha value is -2.96. The first kappa shape index (κ1) is 17.5. The van der Waals surface area contributed by atoms with Crippen molar-refractivity contribution in [3.63, 3.8) is 0 Å². The summed E-state index contributed by atoms with van der Waals surface area (Å²) in [6.45, 7) is 4.66. The highest BCUT2D eigenvalue weighted by Gasteiger charge is 2.29. The fourth-order valence-corrected chi connectivity index (χ4v) is 2.92. The number of hydrogen-bond donors (Lipinski definition) is 0. The van der Waals surface area contributed by atoms with Crippen LogP contribution in [0.5, 0.6) is 0 Å². The average Bonchev–Trinajstić information content (AvgIpc) is 3.20. The van der Waals surface area contributed by atoms with Crippen molar-refractivity contribution in [3.8, 4) is 11.4 Å². The zero-order chi connectivity index (χ0) is 19.0. The summed E-state index contributed by atoms with van der Waals surface area (Å²) >= 11 is 0. The molecule has 140 valence electrons. The van der Waals surface area contributed by atoms with E-state index in [2.05, 4.69) is 29.1 Å². The predicted octanol–water partition coefficient (Wildman–Crippen LogP) is 3.66. The molecule has 1 aliphatic carbocycles. The number of carbonyl (C=O) groups excluding carboxylic acids is 1. The van der Waals surface area contributed by atoms with Crippen molar-refractivity contribution in [3.05, 3.63) is 53.7 Å². The van der Waals surface area contributed by atoms with E-state index < -0.39 is 0 Å². The van der Waals surface area contributed by atoms with E-state index in [0.29, 0.717) is 35.8 Å². The van der Waals surface area contributed by atoms with Crippen LogP contribution < -0.4 is 0 Å². The van der Waals surface area contributed by atoms with Gasteiger partial charge in [-0.15, -0.1) is 0 Å². The van der Waals surface area contributed by atoms with E-state index in [4.69, 9.17) is 4.52 Å². The van der Waals surface area contributed by atoms with E-state index in [9.17, 15) is 4.79 Å². The number of nitrogens with zero attached hydrogens (tertiary/aromatic N) is 5. The number of amides is 1. The van der Waals surface area contributed by atoms with Gasteiger partial charge in [0, 0.05) is 48.4 Å². The third kappa shape index (κ3) is 3.77. The Morgan fingerprint density at radius 2 is 2.04 bits per heavy atom. The van der Waals surface area contributed by atoms with Crippen LogP contribution in [0, 0.1) is 0 Å². The third-order valence-electron chi connectivity index (χ3n) is 4.71. The first-order valence-corrected chi connectivity index (χ1v) is 9.24. The van der Waals surface area contributed by atoms with Crippen molar-refractivity contribution in [2.45, 2.75) is 45.2 Å². The lowest BCUT2D eigenvalue weighted by atomic mass is 10.1. The van der Waals surface area contributed by atoms with Crippen LogP contribution in [0.3, 0.4) is 0 Å². The van der Waals surface area contributed by atoms with Gasteiger partial charge in [-0.2, -0.15) is 10.1 Å². The summed E-state index contributed by atoms with van der Waals surface area (Å²) in [4.78, 5) is 18.8. The molecule has 1 fully saturated rings. The minimum atomic E-state index is -0.0365. The summed E-state index contributed by atoms with van der Waals surface area (Å²) in [6, 6.07) is 7.63. The van der Waals surface area contributed by atoms with Crippen LogP contribution in [-0.2, 0) is 6.54 Å². The van der Waals surface area contributed by atoms with Gasteiger partial charge in [0.25, 0.3) is 5.91 Å². The quantitative estimate of drug-likeness (QED) is 0.666. The van der Waals surface area contributed by atoms with Crippen molar-refractivity contribution in [2.75, 3.05) is 7.05 Å². The van der Waals surface area contributed by atoms with Crippen molar-refractivity contribution in [2.24, 2.45) is 0 Å². The molecule has 7 heteroatoms. The van der Waals surface area contributed by atoms with Crippen LogP contribution >= 0.6 is 0 Å². The van der Waals surface area contributed by atoms with Gasteiger partial charge in [0.15, 0.2) is 0 Å². The summed E-state index contributed by atoms with van der Waals surface area (Å²) in [5.74, 6) is 1.68. The molecule has 1 aromatic carbocycles. The average molecular weight is 365 g/mol. The summed E-state index contributed by atoms with van der Waals surface area (Å²) in [6.07, 6.45) is 6.03. The Kier molecular flexibility index (Phi) is 4.51. The lowest BCUT2D eigenvalue weighted by Crippen LogP contribution is -2.26. The van der Waals surface area contributed by atoms with Crippen LogP contribution in [0.15, 0.2) is 41.2 Å². The third-order valence-corrected chi connectivity index (χ3v) is 4.71. The molecule has 2 heterocycles. The summed E-state index contributed by atoms with van der Waals surface area (Å²) in [5, 5.41) is 8.36. The largest absolute Gasteiger partial charge is 0.339 e. The number of carbonyl (C=O) groups is 1. The van der Waals surface area contributed by atoms with Gasteiger partial charge >= 0.3 is 0 Å². The normalized spacial score (nSPS) is 13.9. The van der Waals surface area contributed by atoms with Crippen LogP contribution in [0.1, 0.15) is 60.5 Å². The van der Waals surface area contributed by atoms with E-state index >= 15 is 0 Å². The Labute approximate surface area is 158 Å². The molecule has 4 rings (SSSR count). The van der Waals surface area contributed by atoms with Crippen molar-refractivity contribution < 1.29 is 9.32 Å². The summed E-state index contributed by atoms with van der Waals surface area (Å²) < 4.78 is 7.19. The molecule has 1 saturated carbocycles. The molecule has 2 aromatic heterocycles. The SMILES string of the molecule is CC(C)n1cc(CN(C)C(=O)c2ccc(-c3noc(C4CC4)n3)cc2)cn1. The molecule has 3 aromatic rings. The van der Waals surface area contributed by atoms with Crippen LogP contribution in [0.4, 0.5) is 0 Å². The topological polar surface area (TPSA) is 77.0 Å². The van der Waals surface area contributed by atoms with Gasteiger partial charge in [0.05, 0.1) is 6.20 Å². The number of hydrogen-bond acceptors (Lipinski definition) is 5. The second-order valence-electron chi connectivity index (χ2n) is 7.39. The van der Waals surface area contributed by atoms with Crippen molar-refractivity contribution in [1.82, 2.24) is 24.8 Å². The van der Waals surface area contributed by atoms with Crippen molar-refractivity contribution >= 4 is 5.91 Å². The fraction of sp³-hybridized carbons (Fsp3) is 0.400.